The van der Waals surface area contributed by atoms with Crippen LogP contribution in [0.5, 0.6) is 0 Å². The molecule has 0 aliphatic heterocycles. The number of benzene rings is 1. The highest BCUT2D eigenvalue weighted by molar-refractivity contribution is 9.10. The molecule has 1 aromatic carbocycles. The van der Waals surface area contributed by atoms with Crippen molar-refractivity contribution in [2.75, 3.05) is 4.34 Å². The van der Waals surface area contributed by atoms with Gasteiger partial charge in [0.2, 0.25) is 0 Å². The summed E-state index contributed by atoms with van der Waals surface area (Å²) < 4.78 is 15.2. The van der Waals surface area contributed by atoms with E-state index in [2.05, 4.69) is 20.5 Å². The van der Waals surface area contributed by atoms with Gasteiger partial charge in [0.15, 0.2) is 0 Å². The SMILES string of the molecule is Cc1cc(F)cc(NBr)c1. The molecule has 3 heteroatoms. The lowest BCUT2D eigenvalue weighted by Gasteiger charge is -1.98. The van der Waals surface area contributed by atoms with E-state index in [9.17, 15) is 4.39 Å². The highest BCUT2D eigenvalue weighted by Gasteiger charge is 1.94. The summed E-state index contributed by atoms with van der Waals surface area (Å²) in [5, 5.41) is 0. The Morgan fingerprint density at radius 3 is 2.60 bits per heavy atom. The van der Waals surface area contributed by atoms with Gasteiger partial charge in [0, 0.05) is 21.8 Å². The first-order valence-electron chi connectivity index (χ1n) is 2.86. The summed E-state index contributed by atoms with van der Waals surface area (Å²) >= 11 is 3.01. The van der Waals surface area contributed by atoms with Crippen molar-refractivity contribution in [3.8, 4) is 0 Å². The summed E-state index contributed by atoms with van der Waals surface area (Å²) in [4.78, 5) is 0. The standard InChI is InChI=1S/C7H7BrFN/c1-5-2-6(9)4-7(3-5)10-8/h2-4,10H,1H3. The molecule has 0 aliphatic rings. The average Bonchev–Trinajstić information content (AvgIpc) is 1.85. The van der Waals surface area contributed by atoms with E-state index < -0.39 is 0 Å². The number of anilines is 1. The molecule has 1 aromatic rings. The molecule has 0 spiro atoms. The Morgan fingerprint density at radius 2 is 2.10 bits per heavy atom. The minimum absolute atomic E-state index is 0.220. The van der Waals surface area contributed by atoms with E-state index in [0.29, 0.717) is 0 Å². The molecule has 54 valence electrons. The molecule has 0 aromatic heterocycles. The second kappa shape index (κ2) is 3.01. The second-order valence-corrected chi connectivity index (χ2v) is 2.51. The fourth-order valence-corrected chi connectivity index (χ4v) is 1.02. The maximum Gasteiger partial charge on any atom is 0.125 e. The molecule has 0 fully saturated rings. The van der Waals surface area contributed by atoms with Crippen LogP contribution in [0.2, 0.25) is 0 Å². The van der Waals surface area contributed by atoms with Gasteiger partial charge in [0.1, 0.15) is 5.82 Å². The predicted molar refractivity (Wildman–Crippen MR) is 43.7 cm³/mol. The Kier molecular flexibility index (Phi) is 2.27. The Hall–Kier alpha value is -0.570. The molecular weight excluding hydrogens is 197 g/mol. The van der Waals surface area contributed by atoms with Gasteiger partial charge in [0.05, 0.1) is 0 Å². The van der Waals surface area contributed by atoms with E-state index in [1.165, 1.54) is 12.1 Å². The summed E-state index contributed by atoms with van der Waals surface area (Å²) in [6.45, 7) is 1.84. The summed E-state index contributed by atoms with van der Waals surface area (Å²) in [6, 6.07) is 4.74. The van der Waals surface area contributed by atoms with Crippen LogP contribution in [0.4, 0.5) is 10.1 Å². The Morgan fingerprint density at radius 1 is 1.40 bits per heavy atom. The molecule has 0 unspecified atom stereocenters. The molecule has 0 saturated heterocycles. The molecule has 1 rings (SSSR count). The summed E-state index contributed by atoms with van der Waals surface area (Å²) in [5.41, 5.74) is 1.64. The number of nitrogens with one attached hydrogen (secondary N) is 1. The quantitative estimate of drug-likeness (QED) is 0.693. The number of rotatable bonds is 1. The van der Waals surface area contributed by atoms with Crippen LogP contribution in [-0.4, -0.2) is 0 Å². The minimum Gasteiger partial charge on any atom is -0.322 e. The lowest BCUT2D eigenvalue weighted by Crippen LogP contribution is -1.83. The summed E-state index contributed by atoms with van der Waals surface area (Å²) in [7, 11) is 0. The van der Waals surface area contributed by atoms with Crippen molar-refractivity contribution in [3.63, 3.8) is 0 Å². The molecule has 0 radical (unpaired) electrons. The largest absolute Gasteiger partial charge is 0.322 e. The van der Waals surface area contributed by atoms with Gasteiger partial charge in [-0.05, 0) is 30.7 Å². The average molecular weight is 204 g/mol. The van der Waals surface area contributed by atoms with Gasteiger partial charge in [-0.15, -0.1) is 0 Å². The van der Waals surface area contributed by atoms with Crippen molar-refractivity contribution < 1.29 is 4.39 Å². The molecule has 0 atom stereocenters. The van der Waals surface area contributed by atoms with Gasteiger partial charge >= 0.3 is 0 Å². The number of hydrogen-bond donors (Lipinski definition) is 1. The van der Waals surface area contributed by atoms with Crippen LogP contribution in [0.1, 0.15) is 5.56 Å². The van der Waals surface area contributed by atoms with E-state index in [-0.39, 0.29) is 5.82 Å². The van der Waals surface area contributed by atoms with E-state index in [1.807, 2.05) is 13.0 Å². The Labute approximate surface area is 67.6 Å². The normalized spacial score (nSPS) is 9.50. The van der Waals surface area contributed by atoms with Crippen molar-refractivity contribution in [1.82, 2.24) is 0 Å². The lowest BCUT2D eigenvalue weighted by molar-refractivity contribution is 0.627. The highest BCUT2D eigenvalue weighted by atomic mass is 79.9. The van der Waals surface area contributed by atoms with Crippen molar-refractivity contribution in [3.05, 3.63) is 29.6 Å². The zero-order valence-electron chi connectivity index (χ0n) is 5.49. The third-order valence-corrected chi connectivity index (χ3v) is 1.61. The van der Waals surface area contributed by atoms with Gasteiger partial charge < -0.3 is 4.34 Å². The minimum atomic E-state index is -0.220. The molecule has 0 heterocycles. The van der Waals surface area contributed by atoms with Crippen LogP contribution < -0.4 is 4.34 Å². The summed E-state index contributed by atoms with van der Waals surface area (Å²) in [6.07, 6.45) is 0. The molecular formula is C7H7BrFN. The van der Waals surface area contributed by atoms with Crippen molar-refractivity contribution in [2.45, 2.75) is 6.92 Å². The third kappa shape index (κ3) is 1.70. The first-order chi connectivity index (χ1) is 4.72. The Balaban J connectivity index is 3.06. The van der Waals surface area contributed by atoms with Crippen LogP contribution in [0, 0.1) is 12.7 Å². The predicted octanol–water partition coefficient (Wildman–Crippen LogP) is 2.86. The third-order valence-electron chi connectivity index (χ3n) is 1.15. The Bertz CT molecular complexity index is 217. The maximum absolute atomic E-state index is 12.6. The number of halogens is 2. The topological polar surface area (TPSA) is 12.0 Å². The van der Waals surface area contributed by atoms with Crippen molar-refractivity contribution in [1.29, 1.82) is 0 Å². The van der Waals surface area contributed by atoms with Gasteiger partial charge in [-0.1, -0.05) is 0 Å². The van der Waals surface area contributed by atoms with Gasteiger partial charge in [-0.25, -0.2) is 4.39 Å². The number of hydrogen-bond acceptors (Lipinski definition) is 1. The zero-order chi connectivity index (χ0) is 7.56. The molecule has 0 bridgehead atoms. The molecule has 0 saturated carbocycles. The van der Waals surface area contributed by atoms with E-state index in [1.54, 1.807) is 0 Å². The maximum atomic E-state index is 12.6. The molecule has 1 nitrogen and oxygen atoms in total. The zero-order valence-corrected chi connectivity index (χ0v) is 7.07. The first kappa shape index (κ1) is 7.54. The monoisotopic (exact) mass is 203 g/mol. The van der Waals surface area contributed by atoms with E-state index in [4.69, 9.17) is 0 Å². The number of aryl methyl sites for hydroxylation is 1. The van der Waals surface area contributed by atoms with Gasteiger partial charge in [-0.3, -0.25) is 0 Å². The lowest BCUT2D eigenvalue weighted by atomic mass is 10.2. The molecule has 1 N–H and O–H groups in total. The second-order valence-electron chi connectivity index (χ2n) is 2.11. The first-order valence-corrected chi connectivity index (χ1v) is 3.65. The van der Waals surface area contributed by atoms with Crippen LogP contribution in [0.15, 0.2) is 18.2 Å². The summed E-state index contributed by atoms with van der Waals surface area (Å²) in [5.74, 6) is -0.220. The van der Waals surface area contributed by atoms with Crippen LogP contribution >= 0.6 is 16.1 Å². The highest BCUT2D eigenvalue weighted by Crippen LogP contribution is 2.13. The van der Waals surface area contributed by atoms with Crippen LogP contribution in [-0.2, 0) is 0 Å². The smallest absolute Gasteiger partial charge is 0.125 e. The molecule has 0 aliphatic carbocycles. The van der Waals surface area contributed by atoms with Gasteiger partial charge in [0.25, 0.3) is 0 Å². The van der Waals surface area contributed by atoms with Crippen LogP contribution in [0.25, 0.3) is 0 Å². The van der Waals surface area contributed by atoms with Crippen LogP contribution in [0.3, 0.4) is 0 Å². The van der Waals surface area contributed by atoms with Gasteiger partial charge in [-0.2, -0.15) is 0 Å². The van der Waals surface area contributed by atoms with Crippen molar-refractivity contribution in [2.24, 2.45) is 0 Å². The van der Waals surface area contributed by atoms with E-state index in [0.717, 1.165) is 11.3 Å². The van der Waals surface area contributed by atoms with E-state index >= 15 is 0 Å². The molecule has 0 amide bonds. The fraction of sp³-hybridized carbons (Fsp3) is 0.143. The van der Waals surface area contributed by atoms with Crippen molar-refractivity contribution >= 4 is 21.8 Å². The fourth-order valence-electron chi connectivity index (χ4n) is 0.791. The molecule has 10 heavy (non-hydrogen) atoms.